The lowest BCUT2D eigenvalue weighted by Crippen LogP contribution is -2.22. The normalized spacial score (nSPS) is 11.2. The number of amides is 1. The molecule has 0 atom stereocenters. The average molecular weight is 242 g/mol. The van der Waals surface area contributed by atoms with Gasteiger partial charge in [0.15, 0.2) is 0 Å². The van der Waals surface area contributed by atoms with Gasteiger partial charge in [0.25, 0.3) is 5.91 Å². The van der Waals surface area contributed by atoms with Gasteiger partial charge in [-0.25, -0.2) is 13.6 Å². The smallest absolute Gasteiger partial charge is 0.253 e. The van der Waals surface area contributed by atoms with Crippen LogP contribution in [0.1, 0.15) is 15.9 Å². The summed E-state index contributed by atoms with van der Waals surface area (Å²) in [7, 11) is -0.461. The molecule has 0 aliphatic heterocycles. The van der Waals surface area contributed by atoms with Crippen molar-refractivity contribution >= 4 is 15.9 Å². The molecule has 0 spiro atoms. The summed E-state index contributed by atoms with van der Waals surface area (Å²) in [5, 5.41) is 5.02. The fourth-order valence-corrected chi connectivity index (χ4v) is 2.13. The Hall–Kier alpha value is -1.40. The molecule has 1 amide bonds. The fourth-order valence-electron chi connectivity index (χ4n) is 1.36. The van der Waals surface area contributed by atoms with Crippen LogP contribution in [0.4, 0.5) is 0 Å². The summed E-state index contributed by atoms with van der Waals surface area (Å²) in [5.41, 5.74) is 0.908. The van der Waals surface area contributed by atoms with E-state index < -0.39 is 10.0 Å². The van der Waals surface area contributed by atoms with Gasteiger partial charge in [-0.2, -0.15) is 0 Å². The Morgan fingerprint density at radius 2 is 1.88 bits per heavy atom. The lowest BCUT2D eigenvalue weighted by Gasteiger charge is -2.11. The predicted octanol–water partition coefficient (Wildman–Crippen LogP) is 0.344. The van der Waals surface area contributed by atoms with Gasteiger partial charge < -0.3 is 4.90 Å². The first-order valence-corrected chi connectivity index (χ1v) is 6.13. The van der Waals surface area contributed by atoms with E-state index in [0.717, 1.165) is 0 Å². The van der Waals surface area contributed by atoms with Gasteiger partial charge in [0.1, 0.15) is 0 Å². The number of nitrogens with zero attached hydrogens (tertiary/aromatic N) is 1. The van der Waals surface area contributed by atoms with Crippen LogP contribution >= 0.6 is 0 Å². The zero-order valence-electron chi connectivity index (χ0n) is 9.39. The number of carbonyl (C=O) groups is 1. The Morgan fingerprint density at radius 3 is 2.25 bits per heavy atom. The number of rotatable bonds is 2. The van der Waals surface area contributed by atoms with Crippen LogP contribution in [-0.2, 0) is 10.0 Å². The number of aryl methyl sites for hydroxylation is 1. The maximum absolute atomic E-state index is 11.6. The zero-order valence-corrected chi connectivity index (χ0v) is 10.2. The molecule has 6 heteroatoms. The molecule has 0 aliphatic rings. The van der Waals surface area contributed by atoms with Crippen LogP contribution in [0.15, 0.2) is 23.1 Å². The second kappa shape index (κ2) is 4.23. The highest BCUT2D eigenvalue weighted by Gasteiger charge is 2.14. The van der Waals surface area contributed by atoms with Crippen molar-refractivity contribution in [2.75, 3.05) is 14.1 Å². The molecule has 0 radical (unpaired) electrons. The van der Waals surface area contributed by atoms with Crippen LogP contribution in [-0.4, -0.2) is 33.3 Å². The van der Waals surface area contributed by atoms with Gasteiger partial charge in [-0.3, -0.25) is 4.79 Å². The zero-order chi connectivity index (χ0) is 12.5. The lowest BCUT2D eigenvalue weighted by atomic mass is 10.1. The lowest BCUT2D eigenvalue weighted by molar-refractivity contribution is 0.0827. The quantitative estimate of drug-likeness (QED) is 0.812. The van der Waals surface area contributed by atoms with E-state index in [4.69, 9.17) is 5.14 Å². The molecule has 2 N–H and O–H groups in total. The number of carbonyl (C=O) groups excluding carboxylic acids is 1. The molecule has 5 nitrogen and oxygen atoms in total. The molecule has 0 saturated heterocycles. The van der Waals surface area contributed by atoms with Crippen molar-refractivity contribution in [3.8, 4) is 0 Å². The third kappa shape index (κ3) is 2.59. The molecule has 0 unspecified atom stereocenters. The van der Waals surface area contributed by atoms with Gasteiger partial charge in [-0.1, -0.05) is 0 Å². The third-order valence-electron chi connectivity index (χ3n) is 2.13. The third-order valence-corrected chi connectivity index (χ3v) is 3.21. The average Bonchev–Trinajstić information content (AvgIpc) is 2.14. The van der Waals surface area contributed by atoms with Crippen molar-refractivity contribution in [3.63, 3.8) is 0 Å². The molecular weight excluding hydrogens is 228 g/mol. The number of hydrogen-bond donors (Lipinski definition) is 1. The molecule has 0 bridgehead atoms. The van der Waals surface area contributed by atoms with Crippen molar-refractivity contribution in [2.45, 2.75) is 11.8 Å². The van der Waals surface area contributed by atoms with E-state index in [0.29, 0.717) is 11.1 Å². The van der Waals surface area contributed by atoms with E-state index >= 15 is 0 Å². The highest BCUT2D eigenvalue weighted by Crippen LogP contribution is 2.15. The summed E-state index contributed by atoms with van der Waals surface area (Å²) in [5.74, 6) is -0.177. The van der Waals surface area contributed by atoms with Crippen molar-refractivity contribution < 1.29 is 13.2 Å². The van der Waals surface area contributed by atoms with Crippen LogP contribution in [0.25, 0.3) is 0 Å². The summed E-state index contributed by atoms with van der Waals surface area (Å²) in [4.78, 5) is 13.1. The van der Waals surface area contributed by atoms with Crippen LogP contribution < -0.4 is 5.14 Å². The van der Waals surface area contributed by atoms with Crippen molar-refractivity contribution in [2.24, 2.45) is 5.14 Å². The van der Waals surface area contributed by atoms with Gasteiger partial charge in [0.05, 0.1) is 4.90 Å². The molecule has 0 fully saturated rings. The molecule has 1 aromatic rings. The standard InChI is InChI=1S/C10H14N2O3S/c1-7-6-8(10(13)12(2)3)4-5-9(7)16(11,14)15/h4-6H,1-3H3,(H2,11,14,15). The number of sulfonamides is 1. The Morgan fingerprint density at radius 1 is 1.31 bits per heavy atom. The summed E-state index contributed by atoms with van der Waals surface area (Å²) in [6.07, 6.45) is 0. The van der Waals surface area contributed by atoms with E-state index in [9.17, 15) is 13.2 Å². The Kier molecular flexibility index (Phi) is 3.35. The molecule has 0 aliphatic carbocycles. The largest absolute Gasteiger partial charge is 0.345 e. The van der Waals surface area contributed by atoms with Crippen molar-refractivity contribution in [3.05, 3.63) is 29.3 Å². The molecular formula is C10H14N2O3S. The second-order valence-electron chi connectivity index (χ2n) is 3.72. The van der Waals surface area contributed by atoms with Crippen molar-refractivity contribution in [1.29, 1.82) is 0 Å². The van der Waals surface area contributed by atoms with Crippen LogP contribution in [0.3, 0.4) is 0 Å². The minimum absolute atomic E-state index is 0.0443. The van der Waals surface area contributed by atoms with Crippen LogP contribution in [0.5, 0.6) is 0 Å². The number of nitrogens with two attached hydrogens (primary N) is 1. The maximum Gasteiger partial charge on any atom is 0.253 e. The SMILES string of the molecule is Cc1cc(C(=O)N(C)C)ccc1S(N)(=O)=O. The number of hydrogen-bond acceptors (Lipinski definition) is 3. The number of primary sulfonamides is 1. The van der Waals surface area contributed by atoms with Crippen LogP contribution in [0.2, 0.25) is 0 Å². The Bertz CT molecular complexity index is 521. The molecule has 88 valence electrons. The maximum atomic E-state index is 11.6. The van der Waals surface area contributed by atoms with E-state index in [1.165, 1.54) is 23.1 Å². The van der Waals surface area contributed by atoms with Gasteiger partial charge >= 0.3 is 0 Å². The minimum atomic E-state index is -3.72. The fraction of sp³-hybridized carbons (Fsp3) is 0.300. The Labute approximate surface area is 94.9 Å². The second-order valence-corrected chi connectivity index (χ2v) is 5.25. The highest BCUT2D eigenvalue weighted by molar-refractivity contribution is 7.89. The molecule has 16 heavy (non-hydrogen) atoms. The van der Waals surface area contributed by atoms with E-state index in [2.05, 4.69) is 0 Å². The first-order chi connectivity index (χ1) is 7.23. The summed E-state index contributed by atoms with van der Waals surface area (Å²) >= 11 is 0. The van der Waals surface area contributed by atoms with Gasteiger partial charge in [-0.15, -0.1) is 0 Å². The number of benzene rings is 1. The summed E-state index contributed by atoms with van der Waals surface area (Å²) < 4.78 is 22.3. The monoisotopic (exact) mass is 242 g/mol. The first-order valence-electron chi connectivity index (χ1n) is 4.58. The van der Waals surface area contributed by atoms with Crippen molar-refractivity contribution in [1.82, 2.24) is 4.90 Å². The van der Waals surface area contributed by atoms with Gasteiger partial charge in [0.2, 0.25) is 10.0 Å². The molecule has 0 saturated carbocycles. The summed E-state index contributed by atoms with van der Waals surface area (Å²) in [6, 6.07) is 4.32. The molecule has 0 heterocycles. The molecule has 1 aromatic carbocycles. The van der Waals surface area contributed by atoms with E-state index in [-0.39, 0.29) is 10.8 Å². The van der Waals surface area contributed by atoms with Gasteiger partial charge in [0, 0.05) is 19.7 Å². The topological polar surface area (TPSA) is 80.5 Å². The van der Waals surface area contributed by atoms with E-state index in [1.807, 2.05) is 0 Å². The first kappa shape index (κ1) is 12.7. The van der Waals surface area contributed by atoms with Gasteiger partial charge in [-0.05, 0) is 30.7 Å². The molecule has 0 aromatic heterocycles. The molecule has 1 rings (SSSR count). The van der Waals surface area contributed by atoms with E-state index in [1.54, 1.807) is 21.0 Å². The predicted molar refractivity (Wildman–Crippen MR) is 60.6 cm³/mol. The Balaban J connectivity index is 3.25. The minimum Gasteiger partial charge on any atom is -0.345 e. The van der Waals surface area contributed by atoms with Crippen LogP contribution in [0, 0.1) is 6.92 Å². The summed E-state index contributed by atoms with van der Waals surface area (Å²) in [6.45, 7) is 1.60. The highest BCUT2D eigenvalue weighted by atomic mass is 32.2.